The first-order chi connectivity index (χ1) is 18.8. The number of fused-ring (bicyclic) bond motifs is 1. The van der Waals surface area contributed by atoms with Crippen LogP contribution in [0.1, 0.15) is 49.3 Å². The number of amides is 3. The standard InChI is InChI=1S/C31H39N3O4S/c1-19-11-10-12-20(2)26(19)33-29(37)27-31-21(3)17-23(39-31)24(28(36)32-18-22-13-6-4-7-14-22)25(31)30(38)34(27)15-8-5-9-16-35/h4,6-7,10-14,21,23-25,27,35H,5,8-9,15-18H2,1-3H3,(H,32,36)(H,33,37)/t21?,23-,24+,25+,27?,31?/m1/s1. The number of nitrogens with zero attached hydrogens (tertiary/aromatic N) is 1. The Bertz CT molecular complexity index is 1220. The highest BCUT2D eigenvalue weighted by Gasteiger charge is 2.75. The Morgan fingerprint density at radius 1 is 1.03 bits per heavy atom. The molecular weight excluding hydrogens is 510 g/mol. The second kappa shape index (κ2) is 11.3. The van der Waals surface area contributed by atoms with Gasteiger partial charge in [-0.1, -0.05) is 55.5 Å². The number of anilines is 1. The predicted octanol–water partition coefficient (Wildman–Crippen LogP) is 4.06. The van der Waals surface area contributed by atoms with E-state index in [0.717, 1.165) is 35.2 Å². The molecule has 2 bridgehead atoms. The summed E-state index contributed by atoms with van der Waals surface area (Å²) < 4.78 is -0.645. The zero-order valence-corrected chi connectivity index (χ0v) is 23.8. The third kappa shape index (κ3) is 4.86. The summed E-state index contributed by atoms with van der Waals surface area (Å²) in [4.78, 5) is 43.7. The van der Waals surface area contributed by atoms with E-state index in [4.69, 9.17) is 0 Å². The number of para-hydroxylation sites is 1. The maximum Gasteiger partial charge on any atom is 0.248 e. The van der Waals surface area contributed by atoms with E-state index in [1.54, 1.807) is 16.7 Å². The van der Waals surface area contributed by atoms with Gasteiger partial charge in [-0.25, -0.2) is 0 Å². The van der Waals surface area contributed by atoms with Crippen LogP contribution in [0.2, 0.25) is 0 Å². The van der Waals surface area contributed by atoms with E-state index < -0.39 is 22.6 Å². The fourth-order valence-corrected chi connectivity index (χ4v) is 9.46. The van der Waals surface area contributed by atoms with E-state index in [1.165, 1.54) is 0 Å². The summed E-state index contributed by atoms with van der Waals surface area (Å²) in [5.41, 5.74) is 3.76. The number of likely N-dealkylation sites (tertiary alicyclic amines) is 1. The zero-order valence-electron chi connectivity index (χ0n) is 23.0. The Morgan fingerprint density at radius 3 is 2.44 bits per heavy atom. The Labute approximate surface area is 235 Å². The maximum absolute atomic E-state index is 14.2. The van der Waals surface area contributed by atoms with Crippen molar-refractivity contribution >= 4 is 35.2 Å². The average molecular weight is 550 g/mol. The predicted molar refractivity (Wildman–Crippen MR) is 154 cm³/mol. The summed E-state index contributed by atoms with van der Waals surface area (Å²) >= 11 is 1.70. The minimum Gasteiger partial charge on any atom is -0.396 e. The molecule has 3 aliphatic heterocycles. The number of hydrogen-bond acceptors (Lipinski definition) is 5. The van der Waals surface area contributed by atoms with Gasteiger partial charge in [-0.15, -0.1) is 11.8 Å². The van der Waals surface area contributed by atoms with Crippen molar-refractivity contribution in [2.75, 3.05) is 18.5 Å². The number of carbonyl (C=O) groups excluding carboxylic acids is 3. The van der Waals surface area contributed by atoms with Gasteiger partial charge in [0.25, 0.3) is 0 Å². The highest BCUT2D eigenvalue weighted by Crippen LogP contribution is 2.68. The van der Waals surface area contributed by atoms with Crippen LogP contribution in [0.5, 0.6) is 0 Å². The second-order valence-electron chi connectivity index (χ2n) is 11.3. The lowest BCUT2D eigenvalue weighted by Gasteiger charge is -2.38. The van der Waals surface area contributed by atoms with Crippen molar-refractivity contribution in [1.82, 2.24) is 10.2 Å². The topological polar surface area (TPSA) is 98.7 Å². The zero-order chi connectivity index (χ0) is 27.7. The molecule has 6 atom stereocenters. The smallest absolute Gasteiger partial charge is 0.248 e. The molecule has 0 saturated carbocycles. The number of aliphatic hydroxyl groups is 1. The van der Waals surface area contributed by atoms with Crippen LogP contribution < -0.4 is 10.6 Å². The summed E-state index contributed by atoms with van der Waals surface area (Å²) in [5.74, 6) is -1.22. The number of carbonyl (C=O) groups is 3. The monoisotopic (exact) mass is 549 g/mol. The number of rotatable bonds is 10. The molecule has 0 aromatic heterocycles. The first-order valence-electron chi connectivity index (χ1n) is 14.1. The van der Waals surface area contributed by atoms with E-state index in [-0.39, 0.29) is 35.5 Å². The Kier molecular flexibility index (Phi) is 8.06. The molecule has 3 unspecified atom stereocenters. The van der Waals surface area contributed by atoms with Gasteiger partial charge in [0.05, 0.1) is 16.6 Å². The van der Waals surface area contributed by atoms with Crippen molar-refractivity contribution in [3.8, 4) is 0 Å². The average Bonchev–Trinajstić information content (AvgIpc) is 3.51. The lowest BCUT2D eigenvalue weighted by atomic mass is 9.66. The molecule has 3 N–H and O–H groups in total. The molecule has 0 aliphatic carbocycles. The molecule has 8 heteroatoms. The van der Waals surface area contributed by atoms with Gasteiger partial charge in [0, 0.05) is 30.6 Å². The summed E-state index contributed by atoms with van der Waals surface area (Å²) in [5, 5.41) is 15.5. The van der Waals surface area contributed by atoms with Crippen LogP contribution in [0, 0.1) is 31.6 Å². The fourth-order valence-electron chi connectivity index (χ4n) is 7.04. The van der Waals surface area contributed by atoms with Crippen molar-refractivity contribution in [2.24, 2.45) is 17.8 Å². The first-order valence-corrected chi connectivity index (χ1v) is 15.0. The third-order valence-corrected chi connectivity index (χ3v) is 11.0. The van der Waals surface area contributed by atoms with Crippen molar-refractivity contribution in [3.05, 3.63) is 65.2 Å². The molecule has 39 heavy (non-hydrogen) atoms. The Balaban J connectivity index is 1.45. The van der Waals surface area contributed by atoms with E-state index in [2.05, 4.69) is 17.6 Å². The second-order valence-corrected chi connectivity index (χ2v) is 12.9. The fraction of sp³-hybridized carbons (Fsp3) is 0.516. The number of unbranched alkanes of at least 4 members (excludes halogenated alkanes) is 2. The Hall–Kier alpha value is -2.84. The van der Waals surface area contributed by atoms with Gasteiger partial charge in [-0.2, -0.15) is 0 Å². The van der Waals surface area contributed by atoms with Gasteiger partial charge < -0.3 is 20.6 Å². The third-order valence-electron chi connectivity index (χ3n) is 8.89. The maximum atomic E-state index is 14.2. The molecule has 3 fully saturated rings. The minimum atomic E-state index is -0.653. The van der Waals surface area contributed by atoms with Crippen LogP contribution in [-0.2, 0) is 20.9 Å². The van der Waals surface area contributed by atoms with Crippen molar-refractivity contribution in [3.63, 3.8) is 0 Å². The van der Waals surface area contributed by atoms with E-state index in [1.807, 2.05) is 62.4 Å². The SMILES string of the molecule is Cc1cccc(C)c1NC(=O)C1N(CCCCCO)C(=O)[C@@H]2[C@@H](C(=O)NCc3ccccc3)[C@H]3CC(C)C12S3. The largest absolute Gasteiger partial charge is 0.396 e. The van der Waals surface area contributed by atoms with Crippen LogP contribution in [0.4, 0.5) is 5.69 Å². The molecule has 2 aromatic carbocycles. The van der Waals surface area contributed by atoms with Crippen molar-refractivity contribution in [1.29, 1.82) is 0 Å². The summed E-state index contributed by atoms with van der Waals surface area (Å²) in [6.07, 6.45) is 2.95. The van der Waals surface area contributed by atoms with Crippen LogP contribution in [0.15, 0.2) is 48.5 Å². The van der Waals surface area contributed by atoms with Crippen molar-refractivity contribution in [2.45, 2.75) is 69.0 Å². The molecule has 5 rings (SSSR count). The van der Waals surface area contributed by atoms with Crippen LogP contribution in [0.25, 0.3) is 0 Å². The number of aliphatic hydroxyl groups excluding tert-OH is 1. The number of thioether (sulfide) groups is 1. The number of hydrogen-bond donors (Lipinski definition) is 3. The van der Waals surface area contributed by atoms with Crippen LogP contribution >= 0.6 is 11.8 Å². The van der Waals surface area contributed by atoms with E-state index in [9.17, 15) is 19.5 Å². The van der Waals surface area contributed by atoms with Gasteiger partial charge in [-0.05, 0) is 62.1 Å². The van der Waals surface area contributed by atoms with Gasteiger partial charge >= 0.3 is 0 Å². The highest BCUT2D eigenvalue weighted by molar-refractivity contribution is 8.02. The molecule has 208 valence electrons. The molecule has 3 heterocycles. The van der Waals surface area contributed by atoms with Gasteiger partial charge in [0.2, 0.25) is 17.7 Å². The Morgan fingerprint density at radius 2 is 1.74 bits per heavy atom. The molecular formula is C31H39N3O4S. The normalized spacial score (nSPS) is 29.0. The number of benzene rings is 2. The molecule has 0 radical (unpaired) electrons. The molecule has 2 aromatic rings. The molecule has 3 saturated heterocycles. The van der Waals surface area contributed by atoms with Gasteiger partial charge in [0.15, 0.2) is 0 Å². The van der Waals surface area contributed by atoms with Crippen LogP contribution in [0.3, 0.4) is 0 Å². The highest BCUT2D eigenvalue weighted by atomic mass is 32.2. The van der Waals surface area contributed by atoms with E-state index in [0.29, 0.717) is 25.9 Å². The molecule has 7 nitrogen and oxygen atoms in total. The number of nitrogens with one attached hydrogen (secondary N) is 2. The molecule has 3 aliphatic rings. The quantitative estimate of drug-likeness (QED) is 0.389. The summed E-state index contributed by atoms with van der Waals surface area (Å²) in [6.45, 7) is 7.05. The van der Waals surface area contributed by atoms with Gasteiger partial charge in [-0.3, -0.25) is 14.4 Å². The summed E-state index contributed by atoms with van der Waals surface area (Å²) in [6, 6.07) is 15.0. The molecule has 3 amide bonds. The van der Waals surface area contributed by atoms with Crippen LogP contribution in [-0.4, -0.2) is 56.9 Å². The molecule has 1 spiro atoms. The minimum absolute atomic E-state index is 0.0109. The summed E-state index contributed by atoms with van der Waals surface area (Å²) in [7, 11) is 0. The van der Waals surface area contributed by atoms with Crippen molar-refractivity contribution < 1.29 is 19.5 Å². The van der Waals surface area contributed by atoms with E-state index >= 15 is 0 Å². The lowest BCUT2D eigenvalue weighted by Crippen LogP contribution is -2.55. The van der Waals surface area contributed by atoms with Gasteiger partial charge in [0.1, 0.15) is 6.04 Å². The first kappa shape index (κ1) is 27.7. The lowest BCUT2D eigenvalue weighted by molar-refractivity contribution is -0.139. The number of aryl methyl sites for hydroxylation is 2.